The van der Waals surface area contributed by atoms with E-state index in [-0.39, 0.29) is 39.5 Å². The maximum absolute atomic E-state index is 12.7. The number of nitrogens with zero attached hydrogens (tertiary/aromatic N) is 2. The van der Waals surface area contributed by atoms with E-state index in [1.165, 1.54) is 25.1 Å². The molecule has 0 bridgehead atoms. The average molecular weight is 392 g/mol. The first kappa shape index (κ1) is 20.0. The number of hydrogen-bond donors (Lipinski definition) is 2. The van der Waals surface area contributed by atoms with Crippen molar-refractivity contribution in [1.29, 1.82) is 0 Å². The number of ether oxygens (including phenoxy) is 1. The second-order valence-electron chi connectivity index (χ2n) is 5.29. The summed E-state index contributed by atoms with van der Waals surface area (Å²) in [7, 11) is 0. The Kier molecular flexibility index (Phi) is 6.55. The van der Waals surface area contributed by atoms with E-state index >= 15 is 0 Å². The van der Waals surface area contributed by atoms with Crippen molar-refractivity contribution in [3.8, 4) is 5.75 Å². The highest BCUT2D eigenvalue weighted by molar-refractivity contribution is 7.18. The molecule has 2 aromatic rings. The van der Waals surface area contributed by atoms with Crippen LogP contribution in [0.15, 0.2) is 24.4 Å². The summed E-state index contributed by atoms with van der Waals surface area (Å²) in [4.78, 5) is 49.8. The molecule has 1 aromatic heterocycles. The molecular formula is C16H16N4O6S. The summed E-state index contributed by atoms with van der Waals surface area (Å²) in [6.07, 6.45) is 1.87. The largest absolute Gasteiger partial charge is 0.426 e. The van der Waals surface area contributed by atoms with Gasteiger partial charge in [-0.25, -0.2) is 4.98 Å². The van der Waals surface area contributed by atoms with Crippen LogP contribution in [0.1, 0.15) is 37.0 Å². The molecule has 10 nitrogen and oxygen atoms in total. The summed E-state index contributed by atoms with van der Waals surface area (Å²) in [5.41, 5.74) is 0.0609. The Balaban J connectivity index is 2.36. The summed E-state index contributed by atoms with van der Waals surface area (Å²) < 4.78 is 5.05. The topological polar surface area (TPSA) is 141 Å². The monoisotopic (exact) mass is 392 g/mol. The van der Waals surface area contributed by atoms with E-state index in [0.717, 1.165) is 6.20 Å². The molecule has 1 aromatic carbocycles. The molecule has 11 heteroatoms. The first-order valence-corrected chi connectivity index (χ1v) is 8.66. The van der Waals surface area contributed by atoms with E-state index in [2.05, 4.69) is 15.6 Å². The fourth-order valence-electron chi connectivity index (χ4n) is 2.12. The van der Waals surface area contributed by atoms with E-state index in [1.807, 2.05) is 6.92 Å². The number of esters is 1. The molecule has 0 aliphatic rings. The summed E-state index contributed by atoms with van der Waals surface area (Å²) in [6.45, 7) is 3.01. The minimum Gasteiger partial charge on any atom is -0.426 e. The first-order valence-electron chi connectivity index (χ1n) is 7.84. The Bertz CT molecular complexity index is 895. The number of rotatable bonds is 7. The Morgan fingerprint density at radius 2 is 2.04 bits per heavy atom. The van der Waals surface area contributed by atoms with Crippen LogP contribution in [0.4, 0.5) is 15.8 Å². The fourth-order valence-corrected chi connectivity index (χ4v) is 2.74. The van der Waals surface area contributed by atoms with Crippen LogP contribution in [0.5, 0.6) is 5.75 Å². The van der Waals surface area contributed by atoms with Crippen molar-refractivity contribution >= 4 is 44.9 Å². The number of carbonyl (C=O) groups is 3. The van der Waals surface area contributed by atoms with Crippen LogP contribution in [-0.2, 0) is 9.59 Å². The number of benzene rings is 1. The van der Waals surface area contributed by atoms with Crippen LogP contribution in [-0.4, -0.2) is 27.7 Å². The Morgan fingerprint density at radius 3 is 2.63 bits per heavy atom. The minimum atomic E-state index is -0.733. The number of amides is 2. The number of thiazole rings is 1. The number of carbonyl (C=O) groups excluding carboxylic acids is 3. The number of nitrogens with one attached hydrogen (secondary N) is 2. The van der Waals surface area contributed by atoms with Gasteiger partial charge in [0.05, 0.1) is 10.6 Å². The van der Waals surface area contributed by atoms with Gasteiger partial charge in [0.2, 0.25) is 5.91 Å². The SMILES string of the molecule is CCCC(=O)Nc1cccc(OC(C)=O)c1C(=O)Nc1ncc([N+](=O)[O-])s1. The van der Waals surface area contributed by atoms with Crippen molar-refractivity contribution in [2.45, 2.75) is 26.7 Å². The van der Waals surface area contributed by atoms with Crippen LogP contribution in [0.3, 0.4) is 0 Å². The molecule has 0 saturated carbocycles. The smallest absolute Gasteiger partial charge is 0.345 e. The van der Waals surface area contributed by atoms with E-state index in [9.17, 15) is 24.5 Å². The van der Waals surface area contributed by atoms with Gasteiger partial charge in [-0.3, -0.25) is 29.8 Å². The third-order valence-corrected chi connectivity index (χ3v) is 4.02. The van der Waals surface area contributed by atoms with Crippen molar-refractivity contribution in [3.63, 3.8) is 0 Å². The van der Waals surface area contributed by atoms with Crippen molar-refractivity contribution < 1.29 is 24.0 Å². The summed E-state index contributed by atoms with van der Waals surface area (Å²) >= 11 is 0.674. The normalized spacial score (nSPS) is 10.1. The molecule has 2 N–H and O–H groups in total. The highest BCUT2D eigenvalue weighted by Crippen LogP contribution is 2.30. The quantitative estimate of drug-likeness (QED) is 0.319. The molecule has 0 aliphatic carbocycles. The lowest BCUT2D eigenvalue weighted by molar-refractivity contribution is -0.380. The molecule has 0 spiro atoms. The van der Waals surface area contributed by atoms with Gasteiger partial charge in [-0.1, -0.05) is 13.0 Å². The van der Waals surface area contributed by atoms with E-state index < -0.39 is 16.8 Å². The maximum Gasteiger partial charge on any atom is 0.345 e. The lowest BCUT2D eigenvalue weighted by Crippen LogP contribution is -2.19. The minimum absolute atomic E-state index is 0.00448. The third-order valence-electron chi connectivity index (χ3n) is 3.15. The number of hydrogen-bond acceptors (Lipinski definition) is 8. The molecule has 0 aliphatic heterocycles. The second kappa shape index (κ2) is 8.85. The van der Waals surface area contributed by atoms with Crippen molar-refractivity contribution in [2.24, 2.45) is 0 Å². The Morgan fingerprint density at radius 1 is 1.30 bits per heavy atom. The van der Waals surface area contributed by atoms with Gasteiger partial charge in [-0.2, -0.15) is 0 Å². The number of anilines is 2. The summed E-state index contributed by atoms with van der Waals surface area (Å²) in [5.74, 6) is -1.74. The first-order chi connectivity index (χ1) is 12.8. The molecule has 1 heterocycles. The zero-order valence-corrected chi connectivity index (χ0v) is 15.3. The predicted octanol–water partition coefficient (Wildman–Crippen LogP) is 2.97. The zero-order chi connectivity index (χ0) is 20.0. The molecule has 0 atom stereocenters. The maximum atomic E-state index is 12.7. The zero-order valence-electron chi connectivity index (χ0n) is 14.5. The van der Waals surface area contributed by atoms with Crippen molar-refractivity contribution in [3.05, 3.63) is 40.1 Å². The molecule has 0 fully saturated rings. The molecular weight excluding hydrogens is 376 g/mol. The lowest BCUT2D eigenvalue weighted by Gasteiger charge is -2.14. The van der Waals surface area contributed by atoms with E-state index in [1.54, 1.807) is 0 Å². The highest BCUT2D eigenvalue weighted by Gasteiger charge is 2.22. The van der Waals surface area contributed by atoms with Gasteiger partial charge in [-0.05, 0) is 29.9 Å². The molecule has 142 valence electrons. The highest BCUT2D eigenvalue weighted by atomic mass is 32.1. The molecule has 0 unspecified atom stereocenters. The number of nitro groups is 1. The molecule has 2 rings (SSSR count). The Labute approximate surface area is 157 Å². The van der Waals surface area contributed by atoms with Crippen LogP contribution in [0.25, 0.3) is 0 Å². The van der Waals surface area contributed by atoms with E-state index in [4.69, 9.17) is 4.74 Å². The second-order valence-corrected chi connectivity index (χ2v) is 6.29. The molecule has 2 amide bonds. The van der Waals surface area contributed by atoms with Gasteiger partial charge in [0.1, 0.15) is 17.5 Å². The van der Waals surface area contributed by atoms with Gasteiger partial charge >= 0.3 is 11.0 Å². The summed E-state index contributed by atoms with van der Waals surface area (Å²) in [6, 6.07) is 4.40. The average Bonchev–Trinajstić information content (AvgIpc) is 3.03. The van der Waals surface area contributed by atoms with Crippen LogP contribution in [0.2, 0.25) is 0 Å². The molecule has 0 saturated heterocycles. The van der Waals surface area contributed by atoms with Gasteiger partial charge < -0.3 is 10.1 Å². The standard InChI is InChI=1S/C16H16N4O6S/c1-3-5-12(22)18-10-6-4-7-11(26-9(2)21)14(10)15(23)19-16-17-8-13(27-16)20(24)25/h4,6-8H,3,5H2,1-2H3,(H,18,22)(H,17,19,23). The van der Waals surface area contributed by atoms with Crippen molar-refractivity contribution in [1.82, 2.24) is 4.98 Å². The lowest BCUT2D eigenvalue weighted by atomic mass is 10.1. The Hall–Kier alpha value is -3.34. The van der Waals surface area contributed by atoms with Gasteiger partial charge in [0, 0.05) is 13.3 Å². The van der Waals surface area contributed by atoms with E-state index in [0.29, 0.717) is 17.8 Å². The molecule has 0 radical (unpaired) electrons. The van der Waals surface area contributed by atoms with Crippen LogP contribution < -0.4 is 15.4 Å². The van der Waals surface area contributed by atoms with Crippen LogP contribution in [0, 0.1) is 10.1 Å². The number of aromatic nitrogens is 1. The van der Waals surface area contributed by atoms with Crippen LogP contribution >= 0.6 is 11.3 Å². The van der Waals surface area contributed by atoms with Gasteiger partial charge in [-0.15, -0.1) is 0 Å². The fraction of sp³-hybridized carbons (Fsp3) is 0.250. The van der Waals surface area contributed by atoms with Gasteiger partial charge in [0.25, 0.3) is 5.91 Å². The van der Waals surface area contributed by atoms with Crippen molar-refractivity contribution in [2.75, 3.05) is 10.6 Å². The van der Waals surface area contributed by atoms with Gasteiger partial charge in [0.15, 0.2) is 5.13 Å². The third kappa shape index (κ3) is 5.31. The summed E-state index contributed by atoms with van der Waals surface area (Å²) in [5, 5.41) is 15.5. The predicted molar refractivity (Wildman–Crippen MR) is 98.0 cm³/mol. The molecule has 27 heavy (non-hydrogen) atoms.